The normalized spacial score (nSPS) is 17.1. The van der Waals surface area contributed by atoms with Gasteiger partial charge in [0, 0.05) is 6.20 Å². The maximum Gasteiger partial charge on any atom is 0.267 e. The lowest BCUT2D eigenvalue weighted by atomic mass is 10.0. The average Bonchev–Trinajstić information content (AvgIpc) is 3.38. The van der Waals surface area contributed by atoms with Gasteiger partial charge in [-0.3, -0.25) is 14.5 Å². The van der Waals surface area contributed by atoms with Gasteiger partial charge in [-0.1, -0.05) is 38.1 Å². The molecule has 0 unspecified atom stereocenters. The molecule has 1 atom stereocenters. The number of hydrogen-bond donors (Lipinski definition) is 3. The van der Waals surface area contributed by atoms with E-state index in [9.17, 15) is 9.90 Å². The number of para-hydroxylation sites is 2. The molecule has 182 valence electrons. The number of nitrogens with zero attached hydrogens (tertiary/aromatic N) is 4. The number of nitrogens with one attached hydrogen (secondary N) is 2. The summed E-state index contributed by atoms with van der Waals surface area (Å²) in [5, 5.41) is 22.0. The minimum Gasteiger partial charge on any atom is -0.483 e. The first-order chi connectivity index (χ1) is 17.4. The number of hydrogen-bond acceptors (Lipinski definition) is 8. The number of aromatic nitrogens is 5. The lowest BCUT2D eigenvalue weighted by Crippen LogP contribution is -2.50. The molecule has 10 nitrogen and oxygen atoms in total. The molecule has 0 radical (unpaired) electrons. The highest BCUT2D eigenvalue weighted by Crippen LogP contribution is 2.34. The van der Waals surface area contributed by atoms with Crippen LogP contribution in [0.2, 0.25) is 0 Å². The molecule has 3 N–H and O–H groups in total. The number of fused-ring (bicyclic) bond motifs is 4. The third-order valence-corrected chi connectivity index (χ3v) is 6.24. The van der Waals surface area contributed by atoms with Crippen LogP contribution < -0.4 is 20.3 Å². The van der Waals surface area contributed by atoms with Crippen LogP contribution in [-0.2, 0) is 0 Å². The number of H-pyrrole nitrogens is 1. The van der Waals surface area contributed by atoms with Gasteiger partial charge in [0.25, 0.3) is 11.3 Å². The van der Waals surface area contributed by atoms with Crippen molar-refractivity contribution in [1.29, 1.82) is 0 Å². The Morgan fingerprint density at radius 1 is 1.14 bits per heavy atom. The van der Waals surface area contributed by atoms with Crippen LogP contribution in [0, 0.1) is 0 Å². The third kappa shape index (κ3) is 3.72. The molecule has 2 aromatic carbocycles. The molecule has 0 saturated heterocycles. The van der Waals surface area contributed by atoms with Gasteiger partial charge in [-0.25, -0.2) is 4.98 Å². The van der Waals surface area contributed by atoms with E-state index < -0.39 is 5.79 Å². The summed E-state index contributed by atoms with van der Waals surface area (Å²) in [6, 6.07) is 15.0. The summed E-state index contributed by atoms with van der Waals surface area (Å²) in [6.45, 7) is 4.10. The summed E-state index contributed by atoms with van der Waals surface area (Å²) in [6.07, 6.45) is 3.14. The van der Waals surface area contributed by atoms with Gasteiger partial charge < -0.3 is 19.9 Å². The van der Waals surface area contributed by atoms with Crippen molar-refractivity contribution < 1.29 is 14.6 Å². The minimum absolute atomic E-state index is 0.0355. The molecular weight excluding hydrogens is 460 g/mol. The van der Waals surface area contributed by atoms with E-state index in [1.807, 2.05) is 30.3 Å². The zero-order chi connectivity index (χ0) is 24.9. The topological polar surface area (TPSA) is 127 Å². The van der Waals surface area contributed by atoms with Crippen molar-refractivity contribution in [3.8, 4) is 17.2 Å². The standard InChI is InChI=1S/C26H24N6O4/c1-15(2)16-6-5-7-17(10-16)32-23-18(22-19(24(32)33)12-29-31-22)11-27-25(30-23)28-13-26(34)14-35-20-8-3-4-9-21(20)36-26/h3-12,15,34H,13-14H2,1-2H3,(H,29,31)(H,27,28,30)/t26-/m0/s1. The molecule has 3 aromatic heterocycles. The van der Waals surface area contributed by atoms with E-state index in [1.54, 1.807) is 29.0 Å². The van der Waals surface area contributed by atoms with Gasteiger partial charge >= 0.3 is 0 Å². The average molecular weight is 485 g/mol. The molecule has 1 aliphatic heterocycles. The van der Waals surface area contributed by atoms with Crippen LogP contribution in [-0.4, -0.2) is 48.8 Å². The maximum absolute atomic E-state index is 13.5. The zero-order valence-corrected chi connectivity index (χ0v) is 19.7. The Morgan fingerprint density at radius 2 is 1.97 bits per heavy atom. The first-order valence-corrected chi connectivity index (χ1v) is 11.6. The van der Waals surface area contributed by atoms with Gasteiger partial charge in [0.15, 0.2) is 23.8 Å². The van der Waals surface area contributed by atoms with Crippen LogP contribution in [0.5, 0.6) is 11.5 Å². The van der Waals surface area contributed by atoms with E-state index in [4.69, 9.17) is 9.47 Å². The highest BCUT2D eigenvalue weighted by molar-refractivity contribution is 6.02. The second kappa shape index (κ2) is 8.35. The van der Waals surface area contributed by atoms with E-state index in [-0.39, 0.29) is 24.7 Å². The number of benzene rings is 2. The van der Waals surface area contributed by atoms with Crippen LogP contribution >= 0.6 is 0 Å². The Kier molecular flexibility index (Phi) is 5.11. The molecule has 0 amide bonds. The first-order valence-electron chi connectivity index (χ1n) is 11.6. The van der Waals surface area contributed by atoms with Gasteiger partial charge in [0.05, 0.1) is 34.7 Å². The lowest BCUT2D eigenvalue weighted by molar-refractivity contribution is -0.163. The van der Waals surface area contributed by atoms with Crippen molar-refractivity contribution in [3.63, 3.8) is 0 Å². The molecule has 0 bridgehead atoms. The van der Waals surface area contributed by atoms with Gasteiger partial charge in [0.2, 0.25) is 5.95 Å². The van der Waals surface area contributed by atoms with E-state index in [0.717, 1.165) is 5.56 Å². The fourth-order valence-electron chi connectivity index (χ4n) is 4.32. The molecule has 4 heterocycles. The van der Waals surface area contributed by atoms with Gasteiger partial charge in [-0.15, -0.1) is 0 Å². The highest BCUT2D eigenvalue weighted by atomic mass is 16.7. The number of rotatable bonds is 5. The predicted molar refractivity (Wildman–Crippen MR) is 135 cm³/mol. The second-order valence-corrected chi connectivity index (χ2v) is 9.12. The SMILES string of the molecule is CC(C)c1cccc(-n2c(=O)c3cn[nH]c3c3cnc(NC[C@@]4(O)COc5ccccc5O4)nc32)c1. The molecule has 5 aromatic rings. The van der Waals surface area contributed by atoms with Crippen LogP contribution in [0.4, 0.5) is 5.95 Å². The van der Waals surface area contributed by atoms with Crippen molar-refractivity contribution in [2.75, 3.05) is 18.5 Å². The van der Waals surface area contributed by atoms with E-state index in [1.165, 1.54) is 6.20 Å². The van der Waals surface area contributed by atoms with Crippen molar-refractivity contribution in [2.24, 2.45) is 0 Å². The zero-order valence-electron chi connectivity index (χ0n) is 19.7. The van der Waals surface area contributed by atoms with Crippen LogP contribution in [0.15, 0.2) is 65.7 Å². The third-order valence-electron chi connectivity index (χ3n) is 6.24. The van der Waals surface area contributed by atoms with Crippen LogP contribution in [0.1, 0.15) is 25.3 Å². The first kappa shape index (κ1) is 22.1. The van der Waals surface area contributed by atoms with Gasteiger partial charge in [0.1, 0.15) is 0 Å². The molecule has 36 heavy (non-hydrogen) atoms. The Balaban J connectivity index is 1.41. The Bertz CT molecular complexity index is 1660. The molecular formula is C26H24N6O4. The summed E-state index contributed by atoms with van der Waals surface area (Å²) in [5.41, 5.74) is 2.54. The molecule has 0 saturated carbocycles. The fourth-order valence-corrected chi connectivity index (χ4v) is 4.32. The summed E-state index contributed by atoms with van der Waals surface area (Å²) >= 11 is 0. The molecule has 6 rings (SSSR count). The van der Waals surface area contributed by atoms with Crippen LogP contribution in [0.25, 0.3) is 27.6 Å². The summed E-state index contributed by atoms with van der Waals surface area (Å²) < 4.78 is 13.0. The van der Waals surface area contributed by atoms with Gasteiger partial charge in [-0.05, 0) is 35.7 Å². The van der Waals surface area contributed by atoms with Crippen molar-refractivity contribution in [2.45, 2.75) is 25.6 Å². The van der Waals surface area contributed by atoms with E-state index in [0.29, 0.717) is 45.0 Å². The monoisotopic (exact) mass is 484 g/mol. The minimum atomic E-state index is -1.62. The number of aliphatic hydroxyl groups is 1. The van der Waals surface area contributed by atoms with Gasteiger partial charge in [-0.2, -0.15) is 10.1 Å². The smallest absolute Gasteiger partial charge is 0.267 e. The largest absolute Gasteiger partial charge is 0.483 e. The highest BCUT2D eigenvalue weighted by Gasteiger charge is 2.35. The molecule has 0 spiro atoms. The second-order valence-electron chi connectivity index (χ2n) is 9.12. The molecule has 10 heteroatoms. The number of aromatic amines is 1. The van der Waals surface area contributed by atoms with E-state index in [2.05, 4.69) is 39.3 Å². The molecule has 1 aliphatic rings. The van der Waals surface area contributed by atoms with E-state index >= 15 is 0 Å². The fraction of sp³-hybridized carbons (Fsp3) is 0.231. The van der Waals surface area contributed by atoms with Crippen molar-refractivity contribution in [3.05, 3.63) is 76.8 Å². The Morgan fingerprint density at radius 3 is 2.81 bits per heavy atom. The number of anilines is 1. The lowest BCUT2D eigenvalue weighted by Gasteiger charge is -2.33. The quantitative estimate of drug-likeness (QED) is 0.347. The maximum atomic E-state index is 13.5. The molecule has 0 fully saturated rings. The predicted octanol–water partition coefficient (Wildman–Crippen LogP) is 3.35. The van der Waals surface area contributed by atoms with Crippen LogP contribution in [0.3, 0.4) is 0 Å². The van der Waals surface area contributed by atoms with Crippen molar-refractivity contribution >= 4 is 27.9 Å². The van der Waals surface area contributed by atoms with Crippen molar-refractivity contribution in [1.82, 2.24) is 24.7 Å². The Labute approximate surface area is 205 Å². The summed E-state index contributed by atoms with van der Waals surface area (Å²) in [4.78, 5) is 22.6. The number of pyridine rings is 1. The summed E-state index contributed by atoms with van der Waals surface area (Å²) in [7, 11) is 0. The number of ether oxygens (including phenoxy) is 2. The Hall–Kier alpha value is -4.44. The summed E-state index contributed by atoms with van der Waals surface area (Å²) in [5.74, 6) is -0.0793. The molecule has 0 aliphatic carbocycles.